The molecule has 3 unspecified atom stereocenters. The highest BCUT2D eigenvalue weighted by atomic mass is 32.1. The number of carbonyl (C=O) groups is 2. The topological polar surface area (TPSA) is 88.4 Å². The highest BCUT2D eigenvalue weighted by molar-refractivity contribution is 7.80. The van der Waals surface area contributed by atoms with Crippen LogP contribution in [0.2, 0.25) is 0 Å². The van der Waals surface area contributed by atoms with E-state index in [9.17, 15) is 14.9 Å². The minimum absolute atomic E-state index is 0.0482. The number of carbonyl (C=O) groups excluding carboxylic acids is 2. The zero-order valence-corrected chi connectivity index (χ0v) is 13.5. The molecule has 0 aromatic rings. The minimum atomic E-state index is -0.987. The second kappa shape index (κ2) is 6.39. The van der Waals surface area contributed by atoms with Gasteiger partial charge in [0.15, 0.2) is 0 Å². The average Bonchev–Trinajstić information content (AvgIpc) is 2.63. The Bertz CT molecular complexity index is 502. The number of nitrogens with one attached hydrogen (secondary N) is 1. The number of thiocarbonyl (C=S) groups is 1. The van der Waals surface area contributed by atoms with E-state index in [0.29, 0.717) is 11.4 Å². The SMILES string of the molecule is COC(=O)CCC1C(=S)NC(C)(C#N)C1(C)CC(=O)OC. The Morgan fingerprint density at radius 2 is 1.90 bits per heavy atom. The second-order valence-electron chi connectivity index (χ2n) is 5.56. The van der Waals surface area contributed by atoms with E-state index in [1.807, 2.05) is 6.92 Å². The summed E-state index contributed by atoms with van der Waals surface area (Å²) in [6, 6.07) is 2.20. The van der Waals surface area contributed by atoms with Gasteiger partial charge in [-0.1, -0.05) is 19.1 Å². The maximum absolute atomic E-state index is 11.7. The third-order valence-corrected chi connectivity index (χ3v) is 4.82. The van der Waals surface area contributed by atoms with Crippen molar-refractivity contribution in [3.8, 4) is 6.07 Å². The first-order valence-corrected chi connectivity index (χ1v) is 7.02. The van der Waals surface area contributed by atoms with E-state index in [4.69, 9.17) is 17.0 Å². The average molecular weight is 312 g/mol. The summed E-state index contributed by atoms with van der Waals surface area (Å²) in [5, 5.41) is 12.5. The monoisotopic (exact) mass is 312 g/mol. The highest BCUT2D eigenvalue weighted by Crippen LogP contribution is 2.49. The van der Waals surface area contributed by atoms with Crippen molar-refractivity contribution >= 4 is 29.1 Å². The molecule has 21 heavy (non-hydrogen) atoms. The van der Waals surface area contributed by atoms with Gasteiger partial charge in [-0.2, -0.15) is 5.26 Å². The summed E-state index contributed by atoms with van der Waals surface area (Å²) >= 11 is 5.32. The third-order valence-electron chi connectivity index (χ3n) is 4.43. The van der Waals surface area contributed by atoms with Crippen molar-refractivity contribution in [2.45, 2.75) is 38.6 Å². The Balaban J connectivity index is 3.07. The Labute approximate surface area is 129 Å². The van der Waals surface area contributed by atoms with Crippen molar-refractivity contribution < 1.29 is 19.1 Å². The van der Waals surface area contributed by atoms with Gasteiger partial charge in [-0.05, 0) is 13.3 Å². The van der Waals surface area contributed by atoms with Crippen molar-refractivity contribution in [3.05, 3.63) is 0 Å². The lowest BCUT2D eigenvalue weighted by molar-refractivity contribution is -0.144. The third kappa shape index (κ3) is 3.16. The van der Waals surface area contributed by atoms with Gasteiger partial charge in [-0.3, -0.25) is 9.59 Å². The van der Waals surface area contributed by atoms with Crippen LogP contribution in [-0.4, -0.2) is 36.7 Å². The molecular formula is C14H20N2O4S. The second-order valence-corrected chi connectivity index (χ2v) is 6.00. The molecule has 0 radical (unpaired) electrons. The summed E-state index contributed by atoms with van der Waals surface area (Å²) in [7, 11) is 2.63. The van der Waals surface area contributed by atoms with E-state index in [1.165, 1.54) is 14.2 Å². The van der Waals surface area contributed by atoms with Crippen LogP contribution < -0.4 is 5.32 Å². The van der Waals surface area contributed by atoms with E-state index in [0.717, 1.165) is 0 Å². The number of esters is 2. The Hall–Kier alpha value is -1.68. The van der Waals surface area contributed by atoms with Gasteiger partial charge >= 0.3 is 11.9 Å². The van der Waals surface area contributed by atoms with Gasteiger partial charge in [0.25, 0.3) is 0 Å². The minimum Gasteiger partial charge on any atom is -0.469 e. The zero-order chi connectivity index (χ0) is 16.3. The fourth-order valence-corrected chi connectivity index (χ4v) is 3.34. The van der Waals surface area contributed by atoms with Gasteiger partial charge < -0.3 is 14.8 Å². The highest BCUT2D eigenvalue weighted by Gasteiger charge is 2.58. The summed E-state index contributed by atoms with van der Waals surface area (Å²) in [6.07, 6.45) is 0.650. The molecule has 0 saturated carbocycles. The molecule has 0 amide bonds. The molecule has 0 bridgehead atoms. The number of hydrogen-bond donors (Lipinski definition) is 1. The number of ether oxygens (including phenoxy) is 2. The number of nitrogens with zero attached hydrogens (tertiary/aromatic N) is 1. The fourth-order valence-electron chi connectivity index (χ4n) is 2.76. The first-order chi connectivity index (χ1) is 9.74. The molecule has 1 aliphatic heterocycles. The molecule has 3 atom stereocenters. The molecule has 7 heteroatoms. The van der Waals surface area contributed by atoms with Crippen LogP contribution in [-0.2, 0) is 19.1 Å². The van der Waals surface area contributed by atoms with Gasteiger partial charge in [0.05, 0.1) is 31.7 Å². The molecule has 0 aromatic carbocycles. The molecule has 1 rings (SSSR count). The summed E-state index contributed by atoms with van der Waals surface area (Å²) in [4.78, 5) is 23.6. The number of nitriles is 1. The van der Waals surface area contributed by atoms with E-state index >= 15 is 0 Å². The molecular weight excluding hydrogens is 292 g/mol. The van der Waals surface area contributed by atoms with Crippen LogP contribution in [0.1, 0.15) is 33.1 Å². The lowest BCUT2D eigenvalue weighted by atomic mass is 9.64. The molecule has 1 heterocycles. The number of hydrogen-bond acceptors (Lipinski definition) is 6. The van der Waals surface area contributed by atoms with E-state index < -0.39 is 16.9 Å². The normalized spacial score (nSPS) is 31.2. The van der Waals surface area contributed by atoms with Crippen LogP contribution in [0.3, 0.4) is 0 Å². The molecule has 1 fully saturated rings. The summed E-state index contributed by atoms with van der Waals surface area (Å²) in [5.41, 5.74) is -1.74. The lowest BCUT2D eigenvalue weighted by Crippen LogP contribution is -2.49. The van der Waals surface area contributed by atoms with Gasteiger partial charge in [0, 0.05) is 17.8 Å². The zero-order valence-electron chi connectivity index (χ0n) is 12.7. The molecule has 116 valence electrons. The predicted octanol–water partition coefficient (Wildman–Crippen LogP) is 1.34. The lowest BCUT2D eigenvalue weighted by Gasteiger charge is -2.37. The Morgan fingerprint density at radius 3 is 2.38 bits per heavy atom. The Kier molecular flexibility index (Phi) is 5.29. The van der Waals surface area contributed by atoms with Gasteiger partial charge in [-0.15, -0.1) is 0 Å². The molecule has 6 nitrogen and oxygen atoms in total. The summed E-state index contributed by atoms with van der Waals surface area (Å²) in [5.74, 6) is -1.02. The number of rotatable bonds is 5. The molecule has 1 N–H and O–H groups in total. The molecule has 0 aliphatic carbocycles. The van der Waals surface area contributed by atoms with Crippen molar-refractivity contribution in [3.63, 3.8) is 0 Å². The fraction of sp³-hybridized carbons (Fsp3) is 0.714. The van der Waals surface area contributed by atoms with Gasteiger partial charge in [0.2, 0.25) is 0 Å². The molecule has 0 aromatic heterocycles. The van der Waals surface area contributed by atoms with Crippen LogP contribution >= 0.6 is 12.2 Å². The largest absolute Gasteiger partial charge is 0.469 e. The predicted molar refractivity (Wildman–Crippen MR) is 79.2 cm³/mol. The Morgan fingerprint density at radius 1 is 1.33 bits per heavy atom. The van der Waals surface area contributed by atoms with E-state index in [2.05, 4.69) is 16.1 Å². The van der Waals surface area contributed by atoms with Crippen molar-refractivity contribution in [2.75, 3.05) is 14.2 Å². The molecule has 0 spiro atoms. The first kappa shape index (κ1) is 17.4. The summed E-state index contributed by atoms with van der Waals surface area (Å²) < 4.78 is 9.37. The van der Waals surface area contributed by atoms with Crippen molar-refractivity contribution in [2.24, 2.45) is 11.3 Å². The summed E-state index contributed by atoms with van der Waals surface area (Å²) in [6.45, 7) is 3.53. The van der Waals surface area contributed by atoms with Crippen molar-refractivity contribution in [1.82, 2.24) is 5.32 Å². The molecule has 1 saturated heterocycles. The first-order valence-electron chi connectivity index (χ1n) is 6.61. The van der Waals surface area contributed by atoms with Crippen molar-refractivity contribution in [1.29, 1.82) is 5.26 Å². The van der Waals surface area contributed by atoms with E-state index in [-0.39, 0.29) is 24.7 Å². The standard InChI is InChI=1S/C14H20N2O4S/c1-13(7-11(18)20-4)9(5-6-10(17)19-3)12(21)16-14(13,2)8-15/h9H,5-7H2,1-4H3,(H,16,21). The van der Waals surface area contributed by atoms with Crippen LogP contribution in [0.5, 0.6) is 0 Å². The number of methoxy groups -OCH3 is 2. The quantitative estimate of drug-likeness (QED) is 0.605. The maximum Gasteiger partial charge on any atom is 0.306 e. The van der Waals surface area contributed by atoms with E-state index in [1.54, 1.807) is 6.92 Å². The van der Waals surface area contributed by atoms with Crippen LogP contribution in [0.25, 0.3) is 0 Å². The maximum atomic E-state index is 11.7. The van der Waals surface area contributed by atoms with Gasteiger partial charge in [-0.25, -0.2) is 0 Å². The van der Waals surface area contributed by atoms with Crippen LogP contribution in [0.4, 0.5) is 0 Å². The van der Waals surface area contributed by atoms with Crippen LogP contribution in [0, 0.1) is 22.7 Å². The smallest absolute Gasteiger partial charge is 0.306 e. The van der Waals surface area contributed by atoms with Gasteiger partial charge in [0.1, 0.15) is 5.54 Å². The molecule has 1 aliphatic rings. The van der Waals surface area contributed by atoms with Crippen LogP contribution in [0.15, 0.2) is 0 Å².